The molecule has 0 bridgehead atoms. The summed E-state index contributed by atoms with van der Waals surface area (Å²) >= 11 is 1.50. The van der Waals surface area contributed by atoms with Crippen molar-refractivity contribution in [2.24, 2.45) is 0 Å². The third-order valence-electron chi connectivity index (χ3n) is 5.66. The van der Waals surface area contributed by atoms with E-state index in [-0.39, 0.29) is 24.0 Å². The molecule has 3 atom stereocenters. The van der Waals surface area contributed by atoms with Crippen molar-refractivity contribution in [2.45, 2.75) is 62.3 Å². The minimum atomic E-state index is -3.76. The highest BCUT2D eigenvalue weighted by atomic mass is 32.2. The Morgan fingerprint density at radius 3 is 2.37 bits per heavy atom. The Bertz CT molecular complexity index is 1520. The van der Waals surface area contributed by atoms with E-state index in [1.54, 1.807) is 55.9 Å². The van der Waals surface area contributed by atoms with E-state index in [1.165, 1.54) is 18.1 Å². The Morgan fingerprint density at radius 2 is 1.71 bits per heavy atom. The second kappa shape index (κ2) is 13.3. The smallest absolute Gasteiger partial charge is 0.342 e. The molecular weight excluding hydrogens is 567 g/mol. The monoisotopic (exact) mass is 600 g/mol. The highest BCUT2D eigenvalue weighted by molar-refractivity contribution is 7.99. The topological polar surface area (TPSA) is 164 Å². The molecule has 2 aromatic heterocycles. The Hall–Kier alpha value is -3.64. The summed E-state index contributed by atoms with van der Waals surface area (Å²) in [6, 6.07) is 13.0. The van der Waals surface area contributed by atoms with Crippen LogP contribution in [-0.4, -0.2) is 55.2 Å². The Morgan fingerprint density at radius 1 is 1.05 bits per heavy atom. The number of phenols is 1. The molecule has 0 aliphatic carbocycles. The van der Waals surface area contributed by atoms with Crippen molar-refractivity contribution in [1.82, 2.24) is 24.6 Å². The molecule has 2 heterocycles. The lowest BCUT2D eigenvalue weighted by molar-refractivity contribution is -0.149. The van der Waals surface area contributed by atoms with E-state index in [4.69, 9.17) is 19.7 Å². The van der Waals surface area contributed by atoms with E-state index in [2.05, 4.69) is 20.0 Å². The number of imidazole rings is 1. The summed E-state index contributed by atoms with van der Waals surface area (Å²) in [5.74, 6) is 0.254. The summed E-state index contributed by atoms with van der Waals surface area (Å²) in [5.41, 5.74) is 6.92. The van der Waals surface area contributed by atoms with Gasteiger partial charge in [0.15, 0.2) is 11.5 Å². The first kappa shape index (κ1) is 30.3. The second-order valence-corrected chi connectivity index (χ2v) is 12.8. The molecular formula is C27H33N6O6PS. The largest absolute Gasteiger partial charge is 0.508 e. The molecule has 0 spiro atoms. The molecule has 218 valence electrons. The van der Waals surface area contributed by atoms with Gasteiger partial charge in [0.05, 0.1) is 25.1 Å². The Balaban J connectivity index is 1.45. The van der Waals surface area contributed by atoms with Crippen molar-refractivity contribution in [3.8, 4) is 11.5 Å². The standard InChI is InChI=1S/C27H33N6O6PS/c1-17(2)38-27(35)19(4)32-40(36,16-37-18(3)13-33-15-31-24-25(28)29-14-30-26(24)33)39-21-7-11-23(12-8-21)41-22-9-5-20(34)6-10-22/h5-12,14-15,17-19,34H,13,16H2,1-4H3,(H,32,36)(H2,28,29,30)/t18-,19-,40?/m1/s1. The van der Waals surface area contributed by atoms with Gasteiger partial charge in [-0.1, -0.05) is 11.8 Å². The Kier molecular flexibility index (Phi) is 9.87. The molecule has 4 rings (SSSR count). The van der Waals surface area contributed by atoms with Crippen LogP contribution in [0, 0.1) is 0 Å². The summed E-state index contributed by atoms with van der Waals surface area (Å²) in [5, 5.41) is 12.3. The van der Waals surface area contributed by atoms with Crippen LogP contribution in [0.5, 0.6) is 11.5 Å². The van der Waals surface area contributed by atoms with Gasteiger partial charge < -0.3 is 29.4 Å². The minimum Gasteiger partial charge on any atom is -0.508 e. The molecule has 2 aromatic carbocycles. The highest BCUT2D eigenvalue weighted by Crippen LogP contribution is 2.44. The maximum absolute atomic E-state index is 14.0. The average Bonchev–Trinajstić information content (AvgIpc) is 3.33. The molecule has 4 N–H and O–H groups in total. The number of nitrogens with two attached hydrogens (primary N) is 1. The third-order valence-corrected chi connectivity index (χ3v) is 8.45. The fraction of sp³-hybridized carbons (Fsp3) is 0.333. The lowest BCUT2D eigenvalue weighted by Crippen LogP contribution is -2.37. The number of aromatic nitrogens is 4. The zero-order valence-corrected chi connectivity index (χ0v) is 24.8. The van der Waals surface area contributed by atoms with Gasteiger partial charge in [-0.15, -0.1) is 0 Å². The summed E-state index contributed by atoms with van der Waals surface area (Å²) in [4.78, 5) is 26.8. The number of nitrogens with zero attached hydrogens (tertiary/aromatic N) is 4. The summed E-state index contributed by atoms with van der Waals surface area (Å²) in [6.45, 7) is 7.19. The lowest BCUT2D eigenvalue weighted by Gasteiger charge is -2.25. The number of carbonyl (C=O) groups excluding carboxylic acids is 1. The van der Waals surface area contributed by atoms with Gasteiger partial charge in [-0.25, -0.2) is 20.0 Å². The van der Waals surface area contributed by atoms with Crippen molar-refractivity contribution in [2.75, 3.05) is 12.1 Å². The molecule has 0 radical (unpaired) electrons. The number of nitrogen functional groups attached to an aromatic ring is 1. The van der Waals surface area contributed by atoms with E-state index in [0.717, 1.165) is 9.79 Å². The van der Waals surface area contributed by atoms with Gasteiger partial charge in [0, 0.05) is 9.79 Å². The van der Waals surface area contributed by atoms with Crippen molar-refractivity contribution < 1.29 is 28.5 Å². The average molecular weight is 601 g/mol. The van der Waals surface area contributed by atoms with Crippen LogP contribution in [0.2, 0.25) is 0 Å². The van der Waals surface area contributed by atoms with Crippen LogP contribution in [0.3, 0.4) is 0 Å². The number of esters is 1. The number of benzene rings is 2. The van der Waals surface area contributed by atoms with Gasteiger partial charge >= 0.3 is 13.5 Å². The van der Waals surface area contributed by atoms with Gasteiger partial charge in [-0.05, 0) is 76.2 Å². The van der Waals surface area contributed by atoms with E-state index >= 15 is 0 Å². The van der Waals surface area contributed by atoms with Gasteiger partial charge in [-0.3, -0.25) is 9.36 Å². The molecule has 1 unspecified atom stereocenters. The second-order valence-electron chi connectivity index (χ2n) is 9.60. The molecule has 41 heavy (non-hydrogen) atoms. The zero-order valence-electron chi connectivity index (χ0n) is 23.1. The Labute approximate surface area is 242 Å². The first-order valence-electron chi connectivity index (χ1n) is 12.9. The number of hydrogen-bond acceptors (Lipinski definition) is 11. The zero-order chi connectivity index (χ0) is 29.6. The van der Waals surface area contributed by atoms with Crippen molar-refractivity contribution >= 4 is 42.2 Å². The van der Waals surface area contributed by atoms with E-state index in [9.17, 15) is 14.5 Å². The van der Waals surface area contributed by atoms with Crippen LogP contribution < -0.4 is 15.3 Å². The van der Waals surface area contributed by atoms with E-state index in [1.807, 2.05) is 31.2 Å². The number of carbonyl (C=O) groups is 1. The van der Waals surface area contributed by atoms with Crippen molar-refractivity contribution in [3.05, 3.63) is 61.2 Å². The quantitative estimate of drug-likeness (QED) is 0.142. The molecule has 0 saturated heterocycles. The molecule has 12 nitrogen and oxygen atoms in total. The maximum Gasteiger partial charge on any atom is 0.342 e. The van der Waals surface area contributed by atoms with Crippen LogP contribution in [0.4, 0.5) is 5.82 Å². The SMILES string of the molecule is CC(C)OC(=O)[C@@H](C)NP(=O)(CO[C@H](C)Cn1cnc2c(N)ncnc21)Oc1ccc(Sc2ccc(O)cc2)cc1. The molecule has 0 amide bonds. The number of anilines is 1. The molecule has 0 fully saturated rings. The van der Waals surface area contributed by atoms with Crippen LogP contribution >= 0.6 is 19.3 Å². The van der Waals surface area contributed by atoms with E-state index in [0.29, 0.717) is 23.5 Å². The summed E-state index contributed by atoms with van der Waals surface area (Å²) < 4.78 is 32.9. The molecule has 14 heteroatoms. The number of phenolic OH excluding ortho intramolecular Hbond substituents is 1. The first-order chi connectivity index (χ1) is 19.5. The van der Waals surface area contributed by atoms with Gasteiger partial charge in [-0.2, -0.15) is 0 Å². The fourth-order valence-corrected chi connectivity index (χ4v) is 6.35. The highest BCUT2D eigenvalue weighted by Gasteiger charge is 2.32. The first-order valence-corrected chi connectivity index (χ1v) is 15.5. The number of ether oxygens (including phenoxy) is 2. The van der Waals surface area contributed by atoms with Crippen LogP contribution in [0.25, 0.3) is 11.2 Å². The predicted molar refractivity (Wildman–Crippen MR) is 156 cm³/mol. The molecule has 0 aliphatic heterocycles. The normalized spacial score (nSPS) is 14.5. The van der Waals surface area contributed by atoms with Crippen LogP contribution in [0.1, 0.15) is 27.7 Å². The number of hydrogen-bond donors (Lipinski definition) is 3. The number of nitrogens with one attached hydrogen (secondary N) is 1. The lowest BCUT2D eigenvalue weighted by atomic mass is 10.3. The molecule has 0 aliphatic rings. The van der Waals surface area contributed by atoms with Gasteiger partial charge in [0.1, 0.15) is 35.7 Å². The third kappa shape index (κ3) is 8.43. The van der Waals surface area contributed by atoms with Crippen LogP contribution in [-0.2, 0) is 25.4 Å². The minimum absolute atomic E-state index is 0.196. The van der Waals surface area contributed by atoms with Gasteiger partial charge in [0.25, 0.3) is 0 Å². The number of aromatic hydroxyl groups is 1. The van der Waals surface area contributed by atoms with Gasteiger partial charge in [0.2, 0.25) is 0 Å². The molecule has 0 saturated carbocycles. The van der Waals surface area contributed by atoms with E-state index < -0.39 is 25.6 Å². The summed E-state index contributed by atoms with van der Waals surface area (Å²) in [6.07, 6.45) is 1.88. The number of fused-ring (bicyclic) bond motifs is 1. The fourth-order valence-electron chi connectivity index (χ4n) is 3.75. The molecule has 4 aromatic rings. The number of rotatable bonds is 13. The van der Waals surface area contributed by atoms with Crippen molar-refractivity contribution in [1.29, 1.82) is 0 Å². The van der Waals surface area contributed by atoms with Crippen molar-refractivity contribution in [3.63, 3.8) is 0 Å². The summed E-state index contributed by atoms with van der Waals surface area (Å²) in [7, 11) is -3.76. The van der Waals surface area contributed by atoms with Crippen LogP contribution in [0.15, 0.2) is 71.0 Å². The maximum atomic E-state index is 14.0. The predicted octanol–water partition coefficient (Wildman–Crippen LogP) is 4.83.